The van der Waals surface area contributed by atoms with Crippen molar-refractivity contribution in [3.63, 3.8) is 0 Å². The van der Waals surface area contributed by atoms with Crippen molar-refractivity contribution in [1.29, 1.82) is 0 Å². The van der Waals surface area contributed by atoms with Crippen molar-refractivity contribution in [2.45, 2.75) is 46.7 Å². The molecular weight excluding hydrogens is 300 g/mol. The number of rotatable bonds is 5. The predicted octanol–water partition coefficient (Wildman–Crippen LogP) is 2.31. The lowest BCUT2D eigenvalue weighted by molar-refractivity contribution is -0.133. The maximum absolute atomic E-state index is 12.1. The third-order valence-corrected chi connectivity index (χ3v) is 4.35. The van der Waals surface area contributed by atoms with E-state index in [1.165, 1.54) is 11.1 Å². The highest BCUT2D eigenvalue weighted by Gasteiger charge is 2.27. The molecule has 5 heteroatoms. The van der Waals surface area contributed by atoms with Gasteiger partial charge in [0.25, 0.3) is 0 Å². The highest BCUT2D eigenvalue weighted by atomic mass is 16.2. The van der Waals surface area contributed by atoms with Crippen LogP contribution in [0.4, 0.5) is 0 Å². The second-order valence-corrected chi connectivity index (χ2v) is 6.69. The Morgan fingerprint density at radius 3 is 2.79 bits per heavy atom. The van der Waals surface area contributed by atoms with E-state index in [-0.39, 0.29) is 17.9 Å². The summed E-state index contributed by atoms with van der Waals surface area (Å²) in [4.78, 5) is 18.8. The van der Waals surface area contributed by atoms with Gasteiger partial charge >= 0.3 is 0 Å². The van der Waals surface area contributed by atoms with E-state index >= 15 is 0 Å². The van der Waals surface area contributed by atoms with E-state index in [1.807, 2.05) is 30.9 Å². The SMILES string of the molecule is CCNC(=NCc1ccccc1C)NC1CCN(C(=O)C(C)C)C1. The van der Waals surface area contributed by atoms with E-state index in [0.717, 1.165) is 32.0 Å². The number of nitrogens with zero attached hydrogens (tertiary/aromatic N) is 2. The average Bonchev–Trinajstić information content (AvgIpc) is 3.01. The van der Waals surface area contributed by atoms with Crippen molar-refractivity contribution in [1.82, 2.24) is 15.5 Å². The summed E-state index contributed by atoms with van der Waals surface area (Å²) in [6, 6.07) is 8.58. The molecule has 1 fully saturated rings. The minimum absolute atomic E-state index is 0.0618. The molecule has 0 aromatic heterocycles. The molecule has 0 radical (unpaired) electrons. The second-order valence-electron chi connectivity index (χ2n) is 6.69. The molecule has 1 aromatic rings. The molecule has 1 saturated heterocycles. The van der Waals surface area contributed by atoms with Gasteiger partial charge in [-0.3, -0.25) is 4.79 Å². The lowest BCUT2D eigenvalue weighted by Gasteiger charge is -2.20. The molecule has 0 saturated carbocycles. The maximum atomic E-state index is 12.1. The Labute approximate surface area is 145 Å². The smallest absolute Gasteiger partial charge is 0.225 e. The first-order chi connectivity index (χ1) is 11.5. The number of carbonyl (C=O) groups is 1. The molecule has 0 bridgehead atoms. The standard InChI is InChI=1S/C19H30N4O/c1-5-20-19(21-12-16-9-7-6-8-15(16)4)22-17-10-11-23(13-17)18(24)14(2)3/h6-9,14,17H,5,10-13H2,1-4H3,(H2,20,21,22). The summed E-state index contributed by atoms with van der Waals surface area (Å²) < 4.78 is 0. The number of guanidine groups is 1. The van der Waals surface area contributed by atoms with Gasteiger partial charge in [-0.15, -0.1) is 0 Å². The van der Waals surface area contributed by atoms with Gasteiger partial charge in [-0.05, 0) is 31.4 Å². The molecule has 1 atom stereocenters. The van der Waals surface area contributed by atoms with E-state index < -0.39 is 0 Å². The molecule has 24 heavy (non-hydrogen) atoms. The summed E-state index contributed by atoms with van der Waals surface area (Å²) in [5.74, 6) is 1.12. The average molecular weight is 330 g/mol. The van der Waals surface area contributed by atoms with Crippen LogP contribution in [0, 0.1) is 12.8 Å². The number of likely N-dealkylation sites (tertiary alicyclic amines) is 1. The molecule has 0 aliphatic carbocycles. The maximum Gasteiger partial charge on any atom is 0.225 e. The van der Waals surface area contributed by atoms with E-state index in [4.69, 9.17) is 4.99 Å². The highest BCUT2D eigenvalue weighted by molar-refractivity contribution is 5.81. The van der Waals surface area contributed by atoms with Crippen LogP contribution in [0.25, 0.3) is 0 Å². The molecule has 1 aliphatic rings. The van der Waals surface area contributed by atoms with Gasteiger partial charge in [0.05, 0.1) is 6.54 Å². The summed E-state index contributed by atoms with van der Waals surface area (Å²) >= 11 is 0. The number of carbonyl (C=O) groups excluding carboxylic acids is 1. The summed E-state index contributed by atoms with van der Waals surface area (Å²) in [7, 11) is 0. The number of nitrogens with one attached hydrogen (secondary N) is 2. The minimum Gasteiger partial charge on any atom is -0.357 e. The van der Waals surface area contributed by atoms with Crippen molar-refractivity contribution in [2.75, 3.05) is 19.6 Å². The zero-order valence-electron chi connectivity index (χ0n) is 15.3. The van der Waals surface area contributed by atoms with Crippen LogP contribution in [0.15, 0.2) is 29.3 Å². The highest BCUT2D eigenvalue weighted by Crippen LogP contribution is 2.13. The number of hydrogen-bond donors (Lipinski definition) is 2. The van der Waals surface area contributed by atoms with Crippen LogP contribution in [-0.2, 0) is 11.3 Å². The quantitative estimate of drug-likeness (QED) is 0.643. The van der Waals surface area contributed by atoms with Gasteiger partial charge in [-0.25, -0.2) is 4.99 Å². The molecule has 132 valence electrons. The molecule has 0 spiro atoms. The van der Waals surface area contributed by atoms with Gasteiger partial charge in [-0.1, -0.05) is 38.1 Å². The first-order valence-electron chi connectivity index (χ1n) is 8.89. The zero-order chi connectivity index (χ0) is 17.5. The number of aliphatic imine (C=N–C) groups is 1. The first-order valence-corrected chi connectivity index (χ1v) is 8.89. The Hall–Kier alpha value is -2.04. The van der Waals surface area contributed by atoms with E-state index in [1.54, 1.807) is 0 Å². The van der Waals surface area contributed by atoms with Gasteiger partial charge in [-0.2, -0.15) is 0 Å². The number of amides is 1. The molecule has 5 nitrogen and oxygen atoms in total. The Kier molecular flexibility index (Phi) is 6.64. The largest absolute Gasteiger partial charge is 0.357 e. The molecule has 1 unspecified atom stereocenters. The van der Waals surface area contributed by atoms with Gasteiger partial charge < -0.3 is 15.5 Å². The molecule has 1 aliphatic heterocycles. The molecule has 1 heterocycles. The normalized spacial score (nSPS) is 18.1. The summed E-state index contributed by atoms with van der Waals surface area (Å²) in [6.07, 6.45) is 0.966. The van der Waals surface area contributed by atoms with E-state index in [2.05, 4.69) is 36.6 Å². The van der Waals surface area contributed by atoms with Crippen LogP contribution < -0.4 is 10.6 Å². The Balaban J connectivity index is 1.95. The van der Waals surface area contributed by atoms with Gasteiger partial charge in [0.2, 0.25) is 5.91 Å². The van der Waals surface area contributed by atoms with E-state index in [0.29, 0.717) is 6.54 Å². The van der Waals surface area contributed by atoms with Crippen LogP contribution >= 0.6 is 0 Å². The van der Waals surface area contributed by atoms with Crippen molar-refractivity contribution in [3.8, 4) is 0 Å². The fraction of sp³-hybridized carbons (Fsp3) is 0.579. The Morgan fingerprint density at radius 1 is 1.38 bits per heavy atom. The van der Waals surface area contributed by atoms with E-state index in [9.17, 15) is 4.79 Å². The van der Waals surface area contributed by atoms with Gasteiger partial charge in [0, 0.05) is 31.6 Å². The zero-order valence-corrected chi connectivity index (χ0v) is 15.3. The van der Waals surface area contributed by atoms with Crippen molar-refractivity contribution >= 4 is 11.9 Å². The van der Waals surface area contributed by atoms with Crippen LogP contribution in [0.2, 0.25) is 0 Å². The van der Waals surface area contributed by atoms with Crippen LogP contribution in [0.1, 0.15) is 38.3 Å². The number of benzene rings is 1. The summed E-state index contributed by atoms with van der Waals surface area (Å²) in [5.41, 5.74) is 2.49. The van der Waals surface area contributed by atoms with Crippen LogP contribution in [-0.4, -0.2) is 42.4 Å². The molecule has 1 aromatic carbocycles. The predicted molar refractivity (Wildman–Crippen MR) is 99.0 cm³/mol. The minimum atomic E-state index is 0.0618. The van der Waals surface area contributed by atoms with Crippen LogP contribution in [0.5, 0.6) is 0 Å². The fourth-order valence-electron chi connectivity index (χ4n) is 2.91. The summed E-state index contributed by atoms with van der Waals surface area (Å²) in [5, 5.41) is 6.78. The third kappa shape index (κ3) is 4.98. The second kappa shape index (κ2) is 8.71. The fourth-order valence-corrected chi connectivity index (χ4v) is 2.91. The molecular formula is C19H30N4O. The van der Waals surface area contributed by atoms with Crippen LogP contribution in [0.3, 0.4) is 0 Å². The monoisotopic (exact) mass is 330 g/mol. The summed E-state index contributed by atoms with van der Waals surface area (Å²) in [6.45, 7) is 11.1. The third-order valence-electron chi connectivity index (χ3n) is 4.35. The topological polar surface area (TPSA) is 56.7 Å². The molecule has 2 N–H and O–H groups in total. The van der Waals surface area contributed by atoms with Crippen molar-refractivity contribution < 1.29 is 4.79 Å². The lowest BCUT2D eigenvalue weighted by Crippen LogP contribution is -2.45. The Bertz CT molecular complexity index is 582. The van der Waals surface area contributed by atoms with Gasteiger partial charge in [0.15, 0.2) is 5.96 Å². The first kappa shape index (κ1) is 18.3. The Morgan fingerprint density at radius 2 is 2.12 bits per heavy atom. The molecule has 2 rings (SSSR count). The van der Waals surface area contributed by atoms with Crippen molar-refractivity contribution in [2.24, 2.45) is 10.9 Å². The van der Waals surface area contributed by atoms with Gasteiger partial charge in [0.1, 0.15) is 0 Å². The number of hydrogen-bond acceptors (Lipinski definition) is 2. The number of aryl methyl sites for hydroxylation is 1. The van der Waals surface area contributed by atoms with Crippen molar-refractivity contribution in [3.05, 3.63) is 35.4 Å². The lowest BCUT2D eigenvalue weighted by atomic mass is 10.1. The molecule has 1 amide bonds.